The Morgan fingerprint density at radius 2 is 0.977 bits per heavy atom. The molecule has 1 radical (unpaired) electrons. The van der Waals surface area contributed by atoms with Gasteiger partial charge in [-0.3, -0.25) is 0 Å². The smallest absolute Gasteiger partial charge is 0.132 e. The minimum Gasteiger partial charge on any atom is -0.497 e. The van der Waals surface area contributed by atoms with E-state index in [1.807, 2.05) is 36.4 Å². The normalized spacial score (nSPS) is 12.5. The maximum Gasteiger partial charge on any atom is 0.132 e. The van der Waals surface area contributed by atoms with Gasteiger partial charge >= 0.3 is 0 Å². The van der Waals surface area contributed by atoms with E-state index in [1.165, 1.54) is 0 Å². The van der Waals surface area contributed by atoms with Crippen molar-refractivity contribution in [2.75, 3.05) is 14.2 Å². The highest BCUT2D eigenvalue weighted by Gasteiger charge is 2.44. The Balaban J connectivity index is 1.62. The summed E-state index contributed by atoms with van der Waals surface area (Å²) in [6.45, 7) is 0. The van der Waals surface area contributed by atoms with Crippen molar-refractivity contribution in [3.8, 4) is 23.0 Å². The van der Waals surface area contributed by atoms with Crippen molar-refractivity contribution in [2.24, 2.45) is 0 Å². The molecule has 7 rings (SSSR count). The molecule has 0 bridgehead atoms. The third-order valence-electron chi connectivity index (χ3n) is 8.37. The molecular formula is C40H31O3. The van der Waals surface area contributed by atoms with Crippen molar-refractivity contribution in [3.05, 3.63) is 197 Å². The lowest BCUT2D eigenvalue weighted by Crippen LogP contribution is -2.33. The van der Waals surface area contributed by atoms with E-state index in [0.717, 1.165) is 67.9 Å². The van der Waals surface area contributed by atoms with E-state index >= 15 is 0 Å². The van der Waals surface area contributed by atoms with Crippen LogP contribution in [0.5, 0.6) is 23.0 Å². The molecule has 0 N–H and O–H groups in total. The zero-order valence-corrected chi connectivity index (χ0v) is 24.2. The minimum atomic E-state index is -0.708. The second kappa shape index (κ2) is 11.2. The van der Waals surface area contributed by atoms with E-state index in [1.54, 1.807) is 14.2 Å². The SMILES string of the molecule is COc1ccc(C(c2ccccc2)(c2ccc(OC)cc2)c2cccc3c2[C](c2ccccc2)c2ccccc2O3)cc1. The Labute approximate surface area is 253 Å². The summed E-state index contributed by atoms with van der Waals surface area (Å²) in [7, 11) is 3.40. The molecule has 209 valence electrons. The van der Waals surface area contributed by atoms with E-state index in [4.69, 9.17) is 14.2 Å². The Bertz CT molecular complexity index is 1800. The van der Waals surface area contributed by atoms with Crippen LogP contribution in [0.2, 0.25) is 0 Å². The van der Waals surface area contributed by atoms with Gasteiger partial charge in [-0.2, -0.15) is 0 Å². The first-order chi connectivity index (χ1) is 21.2. The zero-order chi connectivity index (χ0) is 29.2. The van der Waals surface area contributed by atoms with E-state index in [0.29, 0.717) is 0 Å². The predicted molar refractivity (Wildman–Crippen MR) is 171 cm³/mol. The summed E-state index contributed by atoms with van der Waals surface area (Å²) >= 11 is 0. The van der Waals surface area contributed by atoms with Crippen molar-refractivity contribution in [3.63, 3.8) is 0 Å². The first-order valence-corrected chi connectivity index (χ1v) is 14.4. The fourth-order valence-corrected chi connectivity index (χ4v) is 6.44. The van der Waals surface area contributed by atoms with E-state index in [2.05, 4.69) is 115 Å². The third kappa shape index (κ3) is 4.45. The van der Waals surface area contributed by atoms with Gasteiger partial charge in [0.25, 0.3) is 0 Å². The summed E-state index contributed by atoms with van der Waals surface area (Å²) in [5.41, 5.74) is 7.07. The van der Waals surface area contributed by atoms with Gasteiger partial charge in [0.2, 0.25) is 0 Å². The minimum absolute atomic E-state index is 0.708. The van der Waals surface area contributed by atoms with E-state index in [9.17, 15) is 0 Å². The van der Waals surface area contributed by atoms with Crippen LogP contribution in [0, 0.1) is 5.92 Å². The maximum absolute atomic E-state index is 6.68. The molecule has 1 aliphatic rings. The summed E-state index contributed by atoms with van der Waals surface area (Å²) in [5.74, 6) is 4.45. The number of ether oxygens (including phenoxy) is 3. The van der Waals surface area contributed by atoms with Crippen LogP contribution in [-0.4, -0.2) is 14.2 Å². The van der Waals surface area contributed by atoms with Crippen LogP contribution in [0.1, 0.15) is 38.9 Å². The Hall–Kier alpha value is -5.28. The van der Waals surface area contributed by atoms with Gasteiger partial charge in [-0.1, -0.05) is 115 Å². The molecule has 1 aliphatic heterocycles. The lowest BCUT2D eigenvalue weighted by molar-refractivity contribution is 0.414. The molecule has 3 nitrogen and oxygen atoms in total. The molecule has 0 fully saturated rings. The van der Waals surface area contributed by atoms with Gasteiger partial charge in [-0.15, -0.1) is 0 Å². The summed E-state index contributed by atoms with van der Waals surface area (Å²) in [6, 6.07) is 53.0. The number of methoxy groups -OCH3 is 2. The van der Waals surface area contributed by atoms with Gasteiger partial charge < -0.3 is 14.2 Å². The molecule has 1 heterocycles. The van der Waals surface area contributed by atoms with Crippen molar-refractivity contribution >= 4 is 0 Å². The third-order valence-corrected chi connectivity index (χ3v) is 8.37. The van der Waals surface area contributed by atoms with Crippen molar-refractivity contribution in [1.82, 2.24) is 0 Å². The molecule has 43 heavy (non-hydrogen) atoms. The average molecular weight is 560 g/mol. The summed E-state index contributed by atoms with van der Waals surface area (Å²) in [4.78, 5) is 0. The molecule has 6 aromatic rings. The van der Waals surface area contributed by atoms with Gasteiger partial charge in [0.15, 0.2) is 0 Å². The second-order valence-electron chi connectivity index (χ2n) is 10.6. The van der Waals surface area contributed by atoms with Gasteiger partial charge in [0.1, 0.15) is 23.0 Å². The van der Waals surface area contributed by atoms with Crippen LogP contribution in [0.4, 0.5) is 0 Å². The molecule has 0 unspecified atom stereocenters. The number of para-hydroxylation sites is 1. The highest BCUT2D eigenvalue weighted by Crippen LogP contribution is 2.54. The lowest BCUT2D eigenvalue weighted by atomic mass is 9.62. The standard InChI is InChI=1S/C40H31O3/c1-41-32-24-20-30(21-25-32)40(29-14-7-4-8-15-29,31-22-26-33(42-2)27-23-31)35-17-11-19-37-39(35)38(28-12-5-3-6-13-28)34-16-9-10-18-36(34)43-37/h3-27H,1-2H3. The van der Waals surface area contributed by atoms with Gasteiger partial charge in [0, 0.05) is 11.1 Å². The predicted octanol–water partition coefficient (Wildman–Crippen LogP) is 9.21. The van der Waals surface area contributed by atoms with Gasteiger partial charge in [-0.25, -0.2) is 0 Å². The number of rotatable bonds is 7. The van der Waals surface area contributed by atoms with Crippen LogP contribution in [0.3, 0.4) is 0 Å². The highest BCUT2D eigenvalue weighted by molar-refractivity contribution is 5.75. The molecule has 0 saturated carbocycles. The molecule has 0 amide bonds. The molecular weight excluding hydrogens is 528 g/mol. The number of benzene rings is 6. The van der Waals surface area contributed by atoms with Crippen molar-refractivity contribution in [1.29, 1.82) is 0 Å². The van der Waals surface area contributed by atoms with Crippen LogP contribution < -0.4 is 14.2 Å². The molecule has 0 spiro atoms. The topological polar surface area (TPSA) is 27.7 Å². The molecule has 0 atom stereocenters. The molecule has 0 saturated heterocycles. The van der Waals surface area contributed by atoms with Gasteiger partial charge in [0.05, 0.1) is 25.6 Å². The fraction of sp³-hybridized carbons (Fsp3) is 0.0750. The highest BCUT2D eigenvalue weighted by atomic mass is 16.5. The summed E-state index contributed by atoms with van der Waals surface area (Å²) in [6.07, 6.45) is 0. The largest absolute Gasteiger partial charge is 0.497 e. The van der Waals surface area contributed by atoms with Crippen LogP contribution in [0.15, 0.2) is 152 Å². The molecule has 6 aromatic carbocycles. The number of fused-ring (bicyclic) bond motifs is 2. The summed E-state index contributed by atoms with van der Waals surface area (Å²) in [5, 5.41) is 0. The summed E-state index contributed by atoms with van der Waals surface area (Å²) < 4.78 is 17.9. The van der Waals surface area contributed by atoms with Crippen LogP contribution >= 0.6 is 0 Å². The Morgan fingerprint density at radius 3 is 1.58 bits per heavy atom. The zero-order valence-electron chi connectivity index (χ0n) is 24.2. The van der Waals surface area contributed by atoms with E-state index in [-0.39, 0.29) is 0 Å². The van der Waals surface area contributed by atoms with Crippen molar-refractivity contribution in [2.45, 2.75) is 5.41 Å². The molecule has 3 heteroatoms. The Morgan fingerprint density at radius 1 is 0.465 bits per heavy atom. The number of hydrogen-bond donors (Lipinski definition) is 0. The maximum atomic E-state index is 6.68. The fourth-order valence-electron chi connectivity index (χ4n) is 6.44. The van der Waals surface area contributed by atoms with Crippen molar-refractivity contribution < 1.29 is 14.2 Å². The second-order valence-corrected chi connectivity index (χ2v) is 10.6. The molecule has 0 aromatic heterocycles. The lowest BCUT2D eigenvalue weighted by Gasteiger charge is -2.41. The molecule has 0 aliphatic carbocycles. The van der Waals surface area contributed by atoms with E-state index < -0.39 is 5.41 Å². The number of hydrogen-bond acceptors (Lipinski definition) is 3. The first-order valence-electron chi connectivity index (χ1n) is 14.4. The van der Waals surface area contributed by atoms with Crippen LogP contribution in [-0.2, 0) is 5.41 Å². The Kier molecular flexibility index (Phi) is 6.92. The first kappa shape index (κ1) is 26.6. The average Bonchev–Trinajstić information content (AvgIpc) is 3.09. The van der Waals surface area contributed by atoms with Gasteiger partial charge in [-0.05, 0) is 64.2 Å². The monoisotopic (exact) mass is 559 g/mol. The quantitative estimate of drug-likeness (QED) is 0.182. The van der Waals surface area contributed by atoms with Crippen LogP contribution in [0.25, 0.3) is 0 Å².